The Morgan fingerprint density at radius 2 is 1.71 bits per heavy atom. The largest absolute Gasteiger partial charge is 0.370 e. The van der Waals surface area contributed by atoms with Gasteiger partial charge in [-0.3, -0.25) is 0 Å². The second-order valence-electron chi connectivity index (χ2n) is 6.43. The van der Waals surface area contributed by atoms with E-state index < -0.39 is 0 Å². The Kier molecular flexibility index (Phi) is 3.31. The average molecular weight is 232 g/mol. The van der Waals surface area contributed by atoms with Crippen molar-refractivity contribution in [3.63, 3.8) is 0 Å². The van der Waals surface area contributed by atoms with E-state index in [0.29, 0.717) is 18.1 Å². The van der Waals surface area contributed by atoms with Gasteiger partial charge in [0.1, 0.15) is 0 Å². The van der Waals surface area contributed by atoms with Gasteiger partial charge in [-0.15, -0.1) is 0 Å². The fourth-order valence-corrected chi connectivity index (χ4v) is 2.43. The molecule has 1 aliphatic rings. The molecule has 1 aromatic carbocycles. The summed E-state index contributed by atoms with van der Waals surface area (Å²) in [6, 6.07) is 9.06. The summed E-state index contributed by atoms with van der Waals surface area (Å²) in [4.78, 5) is 0. The van der Waals surface area contributed by atoms with Crippen molar-refractivity contribution < 1.29 is 4.74 Å². The van der Waals surface area contributed by atoms with E-state index >= 15 is 0 Å². The van der Waals surface area contributed by atoms with Crippen molar-refractivity contribution >= 4 is 0 Å². The normalized spacial score (nSPS) is 25.7. The summed E-state index contributed by atoms with van der Waals surface area (Å²) in [5.74, 6) is 0.630. The molecule has 3 atom stereocenters. The third kappa shape index (κ3) is 3.10. The Bertz CT molecular complexity index is 372. The molecule has 1 aliphatic heterocycles. The smallest absolute Gasteiger partial charge is 0.0867 e. The zero-order valence-electron chi connectivity index (χ0n) is 11.7. The molecule has 1 nitrogen and oxygen atoms in total. The molecule has 1 saturated heterocycles. The van der Waals surface area contributed by atoms with Crippen LogP contribution in [-0.2, 0) is 16.6 Å². The van der Waals surface area contributed by atoms with Crippen LogP contribution < -0.4 is 0 Å². The van der Waals surface area contributed by atoms with Crippen molar-refractivity contribution in [2.75, 3.05) is 0 Å². The first kappa shape index (κ1) is 12.6. The molecular weight excluding hydrogens is 208 g/mol. The maximum Gasteiger partial charge on any atom is 0.0867 e. The Balaban J connectivity index is 1.98. The van der Waals surface area contributed by atoms with Crippen molar-refractivity contribution in [2.24, 2.45) is 5.92 Å². The van der Waals surface area contributed by atoms with Crippen molar-refractivity contribution in [2.45, 2.75) is 58.7 Å². The maximum absolute atomic E-state index is 5.53. The Morgan fingerprint density at radius 1 is 1.18 bits per heavy atom. The summed E-state index contributed by atoms with van der Waals surface area (Å²) in [6.07, 6.45) is 2.08. The standard InChI is InChI=1S/C16H24O/c1-11(15-12(2)17-15)10-13-6-8-14(9-7-13)16(3,4)5/h6-9,11-12,15H,10H2,1-5H3. The summed E-state index contributed by atoms with van der Waals surface area (Å²) in [5, 5.41) is 0. The molecule has 3 unspecified atom stereocenters. The van der Waals surface area contributed by atoms with E-state index in [1.54, 1.807) is 0 Å². The number of benzene rings is 1. The van der Waals surface area contributed by atoms with Crippen LogP contribution in [0.3, 0.4) is 0 Å². The van der Waals surface area contributed by atoms with Gasteiger partial charge < -0.3 is 4.74 Å². The lowest BCUT2D eigenvalue weighted by Gasteiger charge is -2.19. The van der Waals surface area contributed by atoms with Gasteiger partial charge in [0.15, 0.2) is 0 Å². The first-order valence-electron chi connectivity index (χ1n) is 6.63. The Morgan fingerprint density at radius 3 is 2.12 bits per heavy atom. The maximum atomic E-state index is 5.53. The van der Waals surface area contributed by atoms with Crippen molar-refractivity contribution in [3.8, 4) is 0 Å². The third-order valence-corrected chi connectivity index (χ3v) is 3.70. The summed E-state index contributed by atoms with van der Waals surface area (Å²) in [7, 11) is 0. The van der Waals surface area contributed by atoms with Crippen LogP contribution in [0.15, 0.2) is 24.3 Å². The summed E-state index contributed by atoms with van der Waals surface area (Å²) in [5.41, 5.74) is 3.08. The lowest BCUT2D eigenvalue weighted by molar-refractivity contribution is 0.328. The second-order valence-corrected chi connectivity index (χ2v) is 6.43. The number of hydrogen-bond donors (Lipinski definition) is 0. The molecule has 0 saturated carbocycles. The van der Waals surface area contributed by atoms with Crippen LogP contribution in [0.25, 0.3) is 0 Å². The van der Waals surface area contributed by atoms with Gasteiger partial charge in [0.05, 0.1) is 12.2 Å². The third-order valence-electron chi connectivity index (χ3n) is 3.70. The molecule has 0 bridgehead atoms. The van der Waals surface area contributed by atoms with E-state index in [2.05, 4.69) is 58.9 Å². The van der Waals surface area contributed by atoms with Gasteiger partial charge in [0.25, 0.3) is 0 Å². The van der Waals surface area contributed by atoms with E-state index in [4.69, 9.17) is 4.74 Å². The molecule has 0 N–H and O–H groups in total. The molecule has 94 valence electrons. The van der Waals surface area contributed by atoms with Crippen molar-refractivity contribution in [1.82, 2.24) is 0 Å². The molecule has 0 amide bonds. The highest BCUT2D eigenvalue weighted by Gasteiger charge is 2.38. The highest BCUT2D eigenvalue weighted by atomic mass is 16.6. The van der Waals surface area contributed by atoms with Crippen molar-refractivity contribution in [1.29, 1.82) is 0 Å². The molecule has 2 rings (SSSR count). The Labute approximate surface area is 105 Å². The molecule has 0 radical (unpaired) electrons. The minimum Gasteiger partial charge on any atom is -0.370 e. The number of epoxide rings is 1. The summed E-state index contributed by atoms with van der Waals surface area (Å²) in [6.45, 7) is 11.2. The van der Waals surface area contributed by atoms with Crippen LogP contribution in [0.5, 0.6) is 0 Å². The van der Waals surface area contributed by atoms with E-state index in [1.807, 2.05) is 0 Å². The molecule has 1 aromatic rings. The quantitative estimate of drug-likeness (QED) is 0.719. The van der Waals surface area contributed by atoms with Crippen LogP contribution in [0.1, 0.15) is 45.7 Å². The minimum absolute atomic E-state index is 0.248. The molecule has 0 aliphatic carbocycles. The van der Waals surface area contributed by atoms with Crippen LogP contribution in [-0.4, -0.2) is 12.2 Å². The lowest BCUT2D eigenvalue weighted by Crippen LogP contribution is -2.12. The van der Waals surface area contributed by atoms with Gasteiger partial charge in [0.2, 0.25) is 0 Å². The zero-order valence-corrected chi connectivity index (χ0v) is 11.7. The van der Waals surface area contributed by atoms with Gasteiger partial charge in [-0.25, -0.2) is 0 Å². The molecule has 17 heavy (non-hydrogen) atoms. The van der Waals surface area contributed by atoms with Crippen molar-refractivity contribution in [3.05, 3.63) is 35.4 Å². The number of rotatable bonds is 3. The molecule has 0 spiro atoms. The minimum atomic E-state index is 0.248. The number of hydrogen-bond acceptors (Lipinski definition) is 1. The van der Waals surface area contributed by atoms with E-state index in [1.165, 1.54) is 11.1 Å². The molecule has 1 fully saturated rings. The summed E-state index contributed by atoms with van der Waals surface area (Å²) >= 11 is 0. The average Bonchev–Trinajstić information content (AvgIpc) is 2.95. The van der Waals surface area contributed by atoms with Gasteiger partial charge in [-0.2, -0.15) is 0 Å². The topological polar surface area (TPSA) is 12.5 Å². The molecular formula is C16H24O. The van der Waals surface area contributed by atoms with Gasteiger partial charge in [-0.05, 0) is 35.8 Å². The highest BCUT2D eigenvalue weighted by Crippen LogP contribution is 2.31. The van der Waals surface area contributed by atoms with E-state index in [-0.39, 0.29) is 5.41 Å². The van der Waals surface area contributed by atoms with Gasteiger partial charge >= 0.3 is 0 Å². The van der Waals surface area contributed by atoms with Crippen LogP contribution in [0, 0.1) is 5.92 Å². The monoisotopic (exact) mass is 232 g/mol. The molecule has 1 heteroatoms. The zero-order chi connectivity index (χ0) is 12.6. The van der Waals surface area contributed by atoms with Crippen LogP contribution >= 0.6 is 0 Å². The van der Waals surface area contributed by atoms with E-state index in [9.17, 15) is 0 Å². The second kappa shape index (κ2) is 4.45. The van der Waals surface area contributed by atoms with Gasteiger partial charge in [0, 0.05) is 0 Å². The first-order chi connectivity index (χ1) is 7.88. The lowest BCUT2D eigenvalue weighted by atomic mass is 9.86. The fourth-order valence-electron chi connectivity index (χ4n) is 2.43. The first-order valence-corrected chi connectivity index (χ1v) is 6.63. The number of ether oxygens (including phenoxy) is 1. The van der Waals surface area contributed by atoms with Gasteiger partial charge in [-0.1, -0.05) is 52.0 Å². The highest BCUT2D eigenvalue weighted by molar-refractivity contribution is 5.27. The SMILES string of the molecule is CC(Cc1ccc(C(C)(C)C)cc1)C1OC1C. The molecule has 0 aromatic heterocycles. The van der Waals surface area contributed by atoms with E-state index in [0.717, 1.165) is 6.42 Å². The van der Waals surface area contributed by atoms with Crippen LogP contribution in [0.2, 0.25) is 0 Å². The predicted octanol–water partition coefficient (Wildman–Crippen LogP) is 3.95. The Hall–Kier alpha value is -0.820. The predicted molar refractivity (Wildman–Crippen MR) is 72.3 cm³/mol. The fraction of sp³-hybridized carbons (Fsp3) is 0.625. The summed E-state index contributed by atoms with van der Waals surface area (Å²) < 4.78 is 5.53. The van der Waals surface area contributed by atoms with Crippen LogP contribution in [0.4, 0.5) is 0 Å². The molecule has 1 heterocycles.